The highest BCUT2D eigenvalue weighted by molar-refractivity contribution is 9.10. The molecule has 0 spiro atoms. The molecule has 2 aromatic rings. The largest absolute Gasteiger partial charge is 0.304 e. The molecule has 0 aromatic carbocycles. The number of thiophene rings is 1. The van der Waals surface area contributed by atoms with Gasteiger partial charge in [0.25, 0.3) is 0 Å². The zero-order chi connectivity index (χ0) is 12.3. The van der Waals surface area contributed by atoms with Gasteiger partial charge in [0.2, 0.25) is 0 Å². The van der Waals surface area contributed by atoms with Gasteiger partial charge in [-0.1, -0.05) is 0 Å². The number of nitrogens with zero attached hydrogens (tertiary/aromatic N) is 2. The molecule has 0 aliphatic rings. The van der Waals surface area contributed by atoms with Crippen LogP contribution in [0.4, 0.5) is 0 Å². The normalized spacial score (nSPS) is 12.6. The first-order valence-electron chi connectivity index (χ1n) is 5.41. The van der Waals surface area contributed by atoms with E-state index < -0.39 is 0 Å². The first kappa shape index (κ1) is 12.7. The van der Waals surface area contributed by atoms with Crippen LogP contribution in [0.15, 0.2) is 28.3 Å². The van der Waals surface area contributed by atoms with Gasteiger partial charge in [0.05, 0.1) is 11.4 Å². The minimum atomic E-state index is 0.206. The number of aromatic nitrogens is 2. The number of nitrogens with one attached hydrogen (secondary N) is 1. The Kier molecular flexibility index (Phi) is 4.25. The van der Waals surface area contributed by atoms with Crippen LogP contribution < -0.4 is 5.32 Å². The minimum Gasteiger partial charge on any atom is -0.304 e. The smallest absolute Gasteiger partial charge is 0.0782 e. The molecule has 2 rings (SSSR count). The zero-order valence-corrected chi connectivity index (χ0v) is 12.2. The van der Waals surface area contributed by atoms with Crippen molar-refractivity contribution in [1.29, 1.82) is 0 Å². The predicted molar refractivity (Wildman–Crippen MR) is 74.0 cm³/mol. The molecule has 2 aromatic heterocycles. The van der Waals surface area contributed by atoms with E-state index in [1.54, 1.807) is 23.7 Å². The van der Waals surface area contributed by atoms with Crippen molar-refractivity contribution in [1.82, 2.24) is 15.3 Å². The van der Waals surface area contributed by atoms with Gasteiger partial charge < -0.3 is 5.32 Å². The number of hydrogen-bond donors (Lipinski definition) is 1. The quantitative estimate of drug-likeness (QED) is 0.939. The minimum absolute atomic E-state index is 0.206. The van der Waals surface area contributed by atoms with Crippen LogP contribution in [0, 0.1) is 6.92 Å². The summed E-state index contributed by atoms with van der Waals surface area (Å²) in [7, 11) is 0. The fraction of sp³-hybridized carbons (Fsp3) is 0.333. The fourth-order valence-corrected chi connectivity index (χ4v) is 3.08. The van der Waals surface area contributed by atoms with Crippen LogP contribution in [0.5, 0.6) is 0 Å². The third kappa shape index (κ3) is 3.12. The average molecular weight is 312 g/mol. The Hall–Kier alpha value is -0.780. The van der Waals surface area contributed by atoms with Gasteiger partial charge in [-0.25, -0.2) is 0 Å². The molecule has 5 heteroatoms. The number of aryl methyl sites for hydroxylation is 1. The first-order valence-corrected chi connectivity index (χ1v) is 7.08. The summed E-state index contributed by atoms with van der Waals surface area (Å²) in [5, 5.41) is 5.54. The molecule has 0 fully saturated rings. The second-order valence-corrected chi connectivity index (χ2v) is 5.68. The first-order chi connectivity index (χ1) is 8.18. The maximum Gasteiger partial charge on any atom is 0.0782 e. The van der Waals surface area contributed by atoms with Crippen LogP contribution in [-0.2, 0) is 6.54 Å². The van der Waals surface area contributed by atoms with Gasteiger partial charge in [0, 0.05) is 34.3 Å². The summed E-state index contributed by atoms with van der Waals surface area (Å²) in [6.07, 6.45) is 3.46. The topological polar surface area (TPSA) is 37.8 Å². The molecular formula is C12H14BrN3S. The molecule has 0 radical (unpaired) electrons. The van der Waals surface area contributed by atoms with Crippen LogP contribution >= 0.6 is 27.3 Å². The van der Waals surface area contributed by atoms with Crippen LogP contribution in [-0.4, -0.2) is 9.97 Å². The van der Waals surface area contributed by atoms with Crippen molar-refractivity contribution in [3.63, 3.8) is 0 Å². The molecule has 0 aliphatic carbocycles. The maximum atomic E-state index is 4.37. The Morgan fingerprint density at radius 3 is 2.82 bits per heavy atom. The Morgan fingerprint density at radius 1 is 1.41 bits per heavy atom. The molecule has 90 valence electrons. The van der Waals surface area contributed by atoms with Crippen LogP contribution in [0.25, 0.3) is 0 Å². The molecule has 0 amide bonds. The van der Waals surface area contributed by atoms with Crippen LogP contribution in [0.2, 0.25) is 0 Å². The lowest BCUT2D eigenvalue weighted by molar-refractivity contribution is 0.558. The van der Waals surface area contributed by atoms with E-state index in [1.165, 1.54) is 4.88 Å². The van der Waals surface area contributed by atoms with Crippen molar-refractivity contribution in [2.45, 2.75) is 26.4 Å². The van der Waals surface area contributed by atoms with Gasteiger partial charge in [-0.3, -0.25) is 9.97 Å². The highest BCUT2D eigenvalue weighted by Gasteiger charge is 2.10. The summed E-state index contributed by atoms with van der Waals surface area (Å²) < 4.78 is 1.16. The van der Waals surface area contributed by atoms with E-state index in [9.17, 15) is 0 Å². The molecule has 17 heavy (non-hydrogen) atoms. The lowest BCUT2D eigenvalue weighted by Crippen LogP contribution is -2.20. The fourth-order valence-electron chi connectivity index (χ4n) is 1.64. The molecule has 2 heterocycles. The molecule has 1 atom stereocenters. The monoisotopic (exact) mass is 311 g/mol. The third-order valence-corrected chi connectivity index (χ3v) is 4.52. The number of halogens is 1. The van der Waals surface area contributed by atoms with Crippen molar-refractivity contribution in [2.75, 3.05) is 0 Å². The van der Waals surface area contributed by atoms with Gasteiger partial charge in [0.1, 0.15) is 0 Å². The van der Waals surface area contributed by atoms with Crippen LogP contribution in [0.1, 0.15) is 29.2 Å². The van der Waals surface area contributed by atoms with Crippen molar-refractivity contribution in [3.05, 3.63) is 44.6 Å². The number of hydrogen-bond acceptors (Lipinski definition) is 4. The van der Waals surface area contributed by atoms with Crippen molar-refractivity contribution in [3.8, 4) is 0 Å². The van der Waals surface area contributed by atoms with Gasteiger partial charge in [0.15, 0.2) is 0 Å². The van der Waals surface area contributed by atoms with Gasteiger partial charge >= 0.3 is 0 Å². The zero-order valence-electron chi connectivity index (χ0n) is 9.77. The summed E-state index contributed by atoms with van der Waals surface area (Å²) in [6, 6.07) is 2.28. The van der Waals surface area contributed by atoms with Crippen molar-refractivity contribution < 1.29 is 0 Å². The Bertz CT molecular complexity index is 498. The average Bonchev–Trinajstić information content (AvgIpc) is 2.72. The molecule has 0 saturated carbocycles. The SMILES string of the molecule is Cc1nccnc1C(C)NCc1sccc1Br. The van der Waals surface area contributed by atoms with E-state index >= 15 is 0 Å². The van der Waals surface area contributed by atoms with E-state index in [4.69, 9.17) is 0 Å². The summed E-state index contributed by atoms with van der Waals surface area (Å²) in [5.41, 5.74) is 2.00. The van der Waals surface area contributed by atoms with Gasteiger partial charge in [-0.2, -0.15) is 0 Å². The Balaban J connectivity index is 2.01. The molecule has 0 bridgehead atoms. The molecule has 0 saturated heterocycles. The van der Waals surface area contributed by atoms with E-state index in [0.29, 0.717) is 0 Å². The van der Waals surface area contributed by atoms with Crippen molar-refractivity contribution >= 4 is 27.3 Å². The standard InChI is InChI=1S/C12H14BrN3S/c1-8-12(15-5-4-14-8)9(2)16-7-11-10(13)3-6-17-11/h3-6,9,16H,7H2,1-2H3. The predicted octanol–water partition coefficient (Wildman–Crippen LogP) is 3.46. The highest BCUT2D eigenvalue weighted by atomic mass is 79.9. The summed E-state index contributed by atoms with van der Waals surface area (Å²) in [6.45, 7) is 4.94. The lowest BCUT2D eigenvalue weighted by Gasteiger charge is -2.14. The number of rotatable bonds is 4. The van der Waals surface area contributed by atoms with Crippen LogP contribution in [0.3, 0.4) is 0 Å². The maximum absolute atomic E-state index is 4.37. The summed E-state index contributed by atoms with van der Waals surface area (Å²) in [5.74, 6) is 0. The second kappa shape index (κ2) is 5.71. The molecule has 1 N–H and O–H groups in total. The second-order valence-electron chi connectivity index (χ2n) is 3.82. The molecule has 1 unspecified atom stereocenters. The molecular weight excluding hydrogens is 298 g/mol. The van der Waals surface area contributed by atoms with E-state index in [0.717, 1.165) is 22.4 Å². The summed E-state index contributed by atoms with van der Waals surface area (Å²) in [4.78, 5) is 9.92. The van der Waals surface area contributed by atoms with E-state index in [1.807, 2.05) is 6.92 Å². The third-order valence-electron chi connectivity index (χ3n) is 2.59. The summed E-state index contributed by atoms with van der Waals surface area (Å²) >= 11 is 5.28. The molecule has 3 nitrogen and oxygen atoms in total. The van der Waals surface area contributed by atoms with Crippen molar-refractivity contribution in [2.24, 2.45) is 0 Å². The van der Waals surface area contributed by atoms with E-state index in [-0.39, 0.29) is 6.04 Å². The van der Waals surface area contributed by atoms with Gasteiger partial charge in [-0.15, -0.1) is 11.3 Å². The Morgan fingerprint density at radius 2 is 2.18 bits per heavy atom. The highest BCUT2D eigenvalue weighted by Crippen LogP contribution is 2.23. The van der Waals surface area contributed by atoms with Gasteiger partial charge in [-0.05, 0) is 41.2 Å². The molecule has 0 aliphatic heterocycles. The Labute approximate surface area is 113 Å². The van der Waals surface area contributed by atoms with E-state index in [2.05, 4.69) is 49.6 Å². The lowest BCUT2D eigenvalue weighted by atomic mass is 10.2.